The molecular weight excluding hydrogens is 323 g/mol. The topological polar surface area (TPSA) is 58.4 Å². The number of hydrogen-bond acceptors (Lipinski definition) is 3. The second-order valence-corrected chi connectivity index (χ2v) is 5.52. The van der Waals surface area contributed by atoms with Gasteiger partial charge >= 0.3 is 0 Å². The molecule has 2 aromatic heterocycles. The van der Waals surface area contributed by atoms with Gasteiger partial charge in [0, 0.05) is 18.4 Å². The average molecular weight is 345 g/mol. The molecule has 2 unspecified atom stereocenters. The van der Waals surface area contributed by atoms with Gasteiger partial charge in [0.1, 0.15) is 5.65 Å². The first kappa shape index (κ1) is 18.7. The zero-order valence-electron chi connectivity index (χ0n) is 12.5. The number of nitrogens with zero attached hydrogens (tertiary/aromatic N) is 2. The van der Waals surface area contributed by atoms with Crippen LogP contribution in [0.1, 0.15) is 19.0 Å². The van der Waals surface area contributed by atoms with Crippen molar-refractivity contribution in [2.24, 2.45) is 5.92 Å². The first-order chi connectivity index (χ1) is 9.72. The third-order valence-corrected chi connectivity index (χ3v) is 3.89. The lowest BCUT2D eigenvalue weighted by atomic mass is 9.95. The Balaban J connectivity index is 0.00000121. The largest absolute Gasteiger partial charge is 0.353 e. The Hall–Kier alpha value is -1.30. The molecule has 2 N–H and O–H groups in total. The van der Waals surface area contributed by atoms with E-state index in [1.807, 2.05) is 35.0 Å². The van der Waals surface area contributed by atoms with E-state index in [1.165, 1.54) is 0 Å². The van der Waals surface area contributed by atoms with Gasteiger partial charge in [0.15, 0.2) is 0 Å². The highest BCUT2D eigenvalue weighted by molar-refractivity contribution is 5.85. The van der Waals surface area contributed by atoms with Gasteiger partial charge in [0.2, 0.25) is 5.91 Å². The van der Waals surface area contributed by atoms with Crippen molar-refractivity contribution in [2.45, 2.75) is 25.8 Å². The van der Waals surface area contributed by atoms with Gasteiger partial charge < -0.3 is 15.0 Å². The molecule has 0 radical (unpaired) electrons. The van der Waals surface area contributed by atoms with E-state index in [0.717, 1.165) is 30.9 Å². The van der Waals surface area contributed by atoms with E-state index in [2.05, 4.69) is 22.5 Å². The normalized spacial score (nSPS) is 20.8. The zero-order chi connectivity index (χ0) is 13.9. The summed E-state index contributed by atoms with van der Waals surface area (Å²) in [7, 11) is 0. The van der Waals surface area contributed by atoms with Crippen molar-refractivity contribution in [3.63, 3.8) is 0 Å². The second-order valence-electron chi connectivity index (χ2n) is 5.52. The lowest BCUT2D eigenvalue weighted by Crippen LogP contribution is -2.48. The summed E-state index contributed by atoms with van der Waals surface area (Å²) in [6, 6.07) is 6.12. The maximum Gasteiger partial charge on any atom is 0.226 e. The molecule has 2 aromatic rings. The molecule has 3 heterocycles. The Morgan fingerprint density at radius 1 is 1.45 bits per heavy atom. The van der Waals surface area contributed by atoms with Crippen molar-refractivity contribution in [3.8, 4) is 0 Å². The lowest BCUT2D eigenvalue weighted by molar-refractivity contribution is -0.121. The van der Waals surface area contributed by atoms with Crippen LogP contribution >= 0.6 is 24.8 Å². The van der Waals surface area contributed by atoms with E-state index in [0.29, 0.717) is 12.3 Å². The Bertz CT molecular complexity index is 583. The van der Waals surface area contributed by atoms with E-state index < -0.39 is 0 Å². The van der Waals surface area contributed by atoms with Gasteiger partial charge in [-0.3, -0.25) is 4.79 Å². The maximum atomic E-state index is 12.1. The number of carbonyl (C=O) groups is 1. The molecule has 7 heteroatoms. The van der Waals surface area contributed by atoms with Crippen molar-refractivity contribution < 1.29 is 4.79 Å². The average Bonchev–Trinajstić information content (AvgIpc) is 2.83. The van der Waals surface area contributed by atoms with Gasteiger partial charge in [-0.15, -0.1) is 24.8 Å². The number of piperidine rings is 1. The van der Waals surface area contributed by atoms with Crippen LogP contribution in [0.3, 0.4) is 0 Å². The van der Waals surface area contributed by atoms with E-state index in [1.54, 1.807) is 0 Å². The first-order valence-corrected chi connectivity index (χ1v) is 7.15. The van der Waals surface area contributed by atoms with Crippen molar-refractivity contribution in [1.29, 1.82) is 0 Å². The highest BCUT2D eigenvalue weighted by Crippen LogP contribution is 2.11. The predicted octanol–water partition coefficient (Wildman–Crippen LogP) is 1.83. The molecule has 0 saturated carbocycles. The minimum absolute atomic E-state index is 0. The molecule has 1 aliphatic rings. The molecule has 3 rings (SSSR count). The number of rotatable bonds is 3. The van der Waals surface area contributed by atoms with E-state index >= 15 is 0 Å². The van der Waals surface area contributed by atoms with Crippen molar-refractivity contribution in [3.05, 3.63) is 36.3 Å². The van der Waals surface area contributed by atoms with Gasteiger partial charge in [-0.25, -0.2) is 4.98 Å². The van der Waals surface area contributed by atoms with Crippen LogP contribution in [0.4, 0.5) is 0 Å². The molecule has 0 aromatic carbocycles. The minimum atomic E-state index is 0. The first-order valence-electron chi connectivity index (χ1n) is 7.15. The van der Waals surface area contributed by atoms with Gasteiger partial charge in [0.05, 0.1) is 12.1 Å². The number of carbonyl (C=O) groups excluding carboxylic acids is 1. The Morgan fingerprint density at radius 3 is 3.00 bits per heavy atom. The summed E-state index contributed by atoms with van der Waals surface area (Å²) in [5.74, 6) is 0.543. The van der Waals surface area contributed by atoms with Gasteiger partial charge in [-0.1, -0.05) is 13.0 Å². The van der Waals surface area contributed by atoms with Crippen LogP contribution in [0.15, 0.2) is 30.6 Å². The van der Waals surface area contributed by atoms with Crippen LogP contribution < -0.4 is 10.6 Å². The van der Waals surface area contributed by atoms with Crippen LogP contribution in [-0.2, 0) is 11.2 Å². The molecule has 1 saturated heterocycles. The zero-order valence-corrected chi connectivity index (χ0v) is 14.1. The van der Waals surface area contributed by atoms with Gasteiger partial charge in [-0.2, -0.15) is 0 Å². The highest BCUT2D eigenvalue weighted by Gasteiger charge is 2.22. The monoisotopic (exact) mass is 344 g/mol. The number of pyridine rings is 1. The maximum absolute atomic E-state index is 12.1. The molecule has 0 spiro atoms. The summed E-state index contributed by atoms with van der Waals surface area (Å²) in [6.45, 7) is 4.12. The van der Waals surface area contributed by atoms with E-state index in [4.69, 9.17) is 0 Å². The number of nitrogens with one attached hydrogen (secondary N) is 2. The van der Waals surface area contributed by atoms with Crippen LogP contribution in [0.5, 0.6) is 0 Å². The smallest absolute Gasteiger partial charge is 0.226 e. The Morgan fingerprint density at radius 2 is 2.27 bits per heavy atom. The van der Waals surface area contributed by atoms with Gasteiger partial charge in [0.25, 0.3) is 0 Å². The number of halogens is 2. The molecule has 2 atom stereocenters. The number of hydrogen-bond donors (Lipinski definition) is 2. The summed E-state index contributed by atoms with van der Waals surface area (Å²) >= 11 is 0. The summed E-state index contributed by atoms with van der Waals surface area (Å²) in [4.78, 5) is 16.6. The van der Waals surface area contributed by atoms with Crippen molar-refractivity contribution >= 4 is 36.4 Å². The Labute approximate surface area is 142 Å². The molecule has 1 aliphatic heterocycles. The molecule has 0 bridgehead atoms. The highest BCUT2D eigenvalue weighted by atomic mass is 35.5. The summed E-state index contributed by atoms with van der Waals surface area (Å²) in [5, 5.41) is 6.47. The van der Waals surface area contributed by atoms with Gasteiger partial charge in [-0.05, 0) is 37.6 Å². The molecule has 22 heavy (non-hydrogen) atoms. The SMILES string of the molecule is CC1CNCCC1NC(=O)Cc1cn2ccccc2n1.Cl.Cl. The fourth-order valence-corrected chi connectivity index (χ4v) is 2.72. The molecule has 1 amide bonds. The number of aromatic nitrogens is 2. The summed E-state index contributed by atoms with van der Waals surface area (Å²) in [6.07, 6.45) is 5.20. The lowest BCUT2D eigenvalue weighted by Gasteiger charge is -2.30. The molecule has 122 valence electrons. The summed E-state index contributed by atoms with van der Waals surface area (Å²) in [5.41, 5.74) is 1.70. The molecule has 0 aliphatic carbocycles. The summed E-state index contributed by atoms with van der Waals surface area (Å²) < 4.78 is 1.94. The quantitative estimate of drug-likeness (QED) is 0.892. The van der Waals surface area contributed by atoms with Crippen molar-refractivity contribution in [2.75, 3.05) is 13.1 Å². The van der Waals surface area contributed by atoms with E-state index in [-0.39, 0.29) is 36.8 Å². The van der Waals surface area contributed by atoms with Crippen LogP contribution in [-0.4, -0.2) is 34.4 Å². The minimum Gasteiger partial charge on any atom is -0.353 e. The fourth-order valence-electron chi connectivity index (χ4n) is 2.72. The van der Waals surface area contributed by atoms with Crippen LogP contribution in [0, 0.1) is 5.92 Å². The van der Waals surface area contributed by atoms with Crippen LogP contribution in [0.2, 0.25) is 0 Å². The van der Waals surface area contributed by atoms with E-state index in [9.17, 15) is 4.79 Å². The van der Waals surface area contributed by atoms with Crippen molar-refractivity contribution in [1.82, 2.24) is 20.0 Å². The molecular formula is C15H22Cl2N4O. The molecule has 1 fully saturated rings. The van der Waals surface area contributed by atoms with Crippen LogP contribution in [0.25, 0.3) is 5.65 Å². The fraction of sp³-hybridized carbons (Fsp3) is 0.467. The number of amides is 1. The third-order valence-electron chi connectivity index (χ3n) is 3.89. The number of imidazole rings is 1. The Kier molecular flexibility index (Phi) is 7.13. The predicted molar refractivity (Wildman–Crippen MR) is 92.0 cm³/mol. The second kappa shape index (κ2) is 8.36. The number of fused-ring (bicyclic) bond motifs is 1. The standard InChI is InChI=1S/C15H20N4O.2ClH/c1-11-9-16-6-5-13(11)18-15(20)8-12-10-19-7-3-2-4-14(19)17-12;;/h2-4,7,10-11,13,16H,5-6,8-9H2,1H3,(H,18,20);2*1H. The third kappa shape index (κ3) is 4.35. The molecule has 5 nitrogen and oxygen atoms in total.